The summed E-state index contributed by atoms with van der Waals surface area (Å²) in [4.78, 5) is 11.7. The first-order chi connectivity index (χ1) is 6.67. The van der Waals surface area contributed by atoms with E-state index in [0.717, 1.165) is 0 Å². The van der Waals surface area contributed by atoms with E-state index in [1.807, 2.05) is 19.1 Å². The summed E-state index contributed by atoms with van der Waals surface area (Å²) in [6.07, 6.45) is 5.06. The van der Waals surface area contributed by atoms with E-state index >= 15 is 0 Å². The van der Waals surface area contributed by atoms with Crippen LogP contribution in [0.1, 0.15) is 33.1 Å². The number of aliphatic hydroxyl groups is 1. The van der Waals surface area contributed by atoms with Gasteiger partial charge in [0.15, 0.2) is 0 Å². The van der Waals surface area contributed by atoms with Gasteiger partial charge in [0.05, 0.1) is 12.7 Å². The average Bonchev–Trinajstić information content (AvgIpc) is 2.67. The van der Waals surface area contributed by atoms with Crippen LogP contribution < -0.4 is 0 Å². The Kier molecular flexibility index (Phi) is 3.69. The van der Waals surface area contributed by atoms with Crippen molar-refractivity contribution in [1.82, 2.24) is 0 Å². The van der Waals surface area contributed by atoms with Gasteiger partial charge in [0.25, 0.3) is 0 Å². The van der Waals surface area contributed by atoms with Crippen molar-refractivity contribution in [2.45, 2.75) is 39.2 Å². The van der Waals surface area contributed by atoms with Crippen LogP contribution in [0.15, 0.2) is 12.2 Å². The van der Waals surface area contributed by atoms with Gasteiger partial charge >= 0.3 is 5.97 Å². The summed E-state index contributed by atoms with van der Waals surface area (Å²) >= 11 is 0. The van der Waals surface area contributed by atoms with Crippen molar-refractivity contribution >= 4 is 5.97 Å². The highest BCUT2D eigenvalue weighted by molar-refractivity contribution is 5.78. The lowest BCUT2D eigenvalue weighted by atomic mass is 9.78. The Balaban J connectivity index is 2.77. The molecule has 0 saturated heterocycles. The van der Waals surface area contributed by atoms with Gasteiger partial charge in [-0.2, -0.15) is 0 Å². The van der Waals surface area contributed by atoms with Crippen molar-refractivity contribution in [3.05, 3.63) is 12.2 Å². The van der Waals surface area contributed by atoms with E-state index in [9.17, 15) is 9.90 Å². The average molecular weight is 198 g/mol. The fraction of sp³-hybridized carbons (Fsp3) is 0.727. The van der Waals surface area contributed by atoms with Crippen molar-refractivity contribution in [3.63, 3.8) is 0 Å². The molecule has 1 rings (SSSR count). The maximum absolute atomic E-state index is 11.7. The fourth-order valence-corrected chi connectivity index (χ4v) is 1.91. The number of carbonyl (C=O) groups excluding carboxylic acids is 1. The first kappa shape index (κ1) is 11.2. The van der Waals surface area contributed by atoms with Gasteiger partial charge in [-0.3, -0.25) is 4.79 Å². The minimum absolute atomic E-state index is 0.264. The predicted octanol–water partition coefficient (Wildman–Crippen LogP) is 1.66. The molecular formula is C11H18O3. The Morgan fingerprint density at radius 3 is 2.50 bits per heavy atom. The van der Waals surface area contributed by atoms with E-state index in [2.05, 4.69) is 0 Å². The maximum Gasteiger partial charge on any atom is 0.315 e. The largest absolute Gasteiger partial charge is 0.465 e. The predicted molar refractivity (Wildman–Crippen MR) is 53.7 cm³/mol. The molecule has 3 heteroatoms. The zero-order valence-electron chi connectivity index (χ0n) is 8.82. The molecule has 0 aromatic heterocycles. The van der Waals surface area contributed by atoms with Crippen LogP contribution >= 0.6 is 0 Å². The van der Waals surface area contributed by atoms with Crippen LogP contribution in [0.25, 0.3) is 0 Å². The number of aliphatic hydroxyl groups excluding tert-OH is 1. The SMILES string of the molecule is CCOC(=O)C1(C(O)CC)CC=CC1. The van der Waals surface area contributed by atoms with E-state index in [1.54, 1.807) is 6.92 Å². The molecule has 1 aliphatic rings. The van der Waals surface area contributed by atoms with Gasteiger partial charge < -0.3 is 9.84 Å². The second kappa shape index (κ2) is 4.60. The Labute approximate surface area is 84.8 Å². The van der Waals surface area contributed by atoms with Gasteiger partial charge in [0.1, 0.15) is 5.41 Å². The van der Waals surface area contributed by atoms with Gasteiger partial charge in [-0.1, -0.05) is 19.1 Å². The van der Waals surface area contributed by atoms with E-state index in [1.165, 1.54) is 0 Å². The van der Waals surface area contributed by atoms with Crippen molar-refractivity contribution in [1.29, 1.82) is 0 Å². The number of allylic oxidation sites excluding steroid dienone is 2. The molecule has 0 heterocycles. The number of carbonyl (C=O) groups is 1. The van der Waals surface area contributed by atoms with Crippen LogP contribution in [0.2, 0.25) is 0 Å². The molecule has 1 atom stereocenters. The summed E-state index contributed by atoms with van der Waals surface area (Å²) in [6, 6.07) is 0. The standard InChI is InChI=1S/C11H18O3/c1-3-9(12)11(7-5-6-8-11)10(13)14-4-2/h5-6,9,12H,3-4,7-8H2,1-2H3. The second-order valence-electron chi connectivity index (χ2n) is 3.68. The highest BCUT2D eigenvalue weighted by atomic mass is 16.5. The summed E-state index contributed by atoms with van der Waals surface area (Å²) < 4.78 is 5.01. The van der Waals surface area contributed by atoms with Crippen molar-refractivity contribution in [2.24, 2.45) is 5.41 Å². The van der Waals surface area contributed by atoms with Crippen molar-refractivity contribution < 1.29 is 14.6 Å². The first-order valence-electron chi connectivity index (χ1n) is 5.17. The summed E-state index contributed by atoms with van der Waals surface area (Å²) in [7, 11) is 0. The van der Waals surface area contributed by atoms with Crippen molar-refractivity contribution in [3.8, 4) is 0 Å². The van der Waals surface area contributed by atoms with Crippen LogP contribution in [-0.4, -0.2) is 23.8 Å². The zero-order chi connectivity index (χ0) is 10.6. The molecular weight excluding hydrogens is 180 g/mol. The first-order valence-corrected chi connectivity index (χ1v) is 5.17. The molecule has 1 aliphatic carbocycles. The molecule has 0 aromatic rings. The summed E-state index contributed by atoms with van der Waals surface area (Å²) in [5.74, 6) is -0.264. The quantitative estimate of drug-likeness (QED) is 0.552. The molecule has 0 aromatic carbocycles. The van der Waals surface area contributed by atoms with Gasteiger partial charge in [-0.25, -0.2) is 0 Å². The van der Waals surface area contributed by atoms with E-state index in [-0.39, 0.29) is 5.97 Å². The van der Waals surface area contributed by atoms with Crippen molar-refractivity contribution in [2.75, 3.05) is 6.61 Å². The molecule has 0 aliphatic heterocycles. The zero-order valence-corrected chi connectivity index (χ0v) is 8.82. The third-order valence-electron chi connectivity index (χ3n) is 2.84. The fourth-order valence-electron chi connectivity index (χ4n) is 1.91. The van der Waals surface area contributed by atoms with Crippen LogP contribution in [0, 0.1) is 5.41 Å². The van der Waals surface area contributed by atoms with E-state index in [4.69, 9.17) is 4.74 Å². The molecule has 0 saturated carbocycles. The Hall–Kier alpha value is -0.830. The topological polar surface area (TPSA) is 46.5 Å². The molecule has 3 nitrogen and oxygen atoms in total. The van der Waals surface area contributed by atoms with Gasteiger partial charge in [0, 0.05) is 0 Å². The van der Waals surface area contributed by atoms with E-state index < -0.39 is 11.5 Å². The molecule has 1 unspecified atom stereocenters. The van der Waals surface area contributed by atoms with Gasteiger partial charge in [-0.15, -0.1) is 0 Å². The molecule has 0 radical (unpaired) electrons. The number of esters is 1. The minimum Gasteiger partial charge on any atom is -0.465 e. The molecule has 0 amide bonds. The Morgan fingerprint density at radius 1 is 1.50 bits per heavy atom. The lowest BCUT2D eigenvalue weighted by molar-refractivity contribution is -0.162. The number of rotatable bonds is 4. The highest BCUT2D eigenvalue weighted by Gasteiger charge is 2.45. The van der Waals surface area contributed by atoms with E-state index in [0.29, 0.717) is 25.9 Å². The highest BCUT2D eigenvalue weighted by Crippen LogP contribution is 2.39. The molecule has 1 N–H and O–H groups in total. The third-order valence-corrected chi connectivity index (χ3v) is 2.84. The Bertz CT molecular complexity index is 225. The summed E-state index contributed by atoms with van der Waals surface area (Å²) in [5, 5.41) is 9.86. The molecule has 0 bridgehead atoms. The number of hydrogen-bond acceptors (Lipinski definition) is 3. The van der Waals surface area contributed by atoms with Crippen LogP contribution in [0.4, 0.5) is 0 Å². The summed E-state index contributed by atoms with van der Waals surface area (Å²) in [6.45, 7) is 4.04. The smallest absolute Gasteiger partial charge is 0.315 e. The monoisotopic (exact) mass is 198 g/mol. The van der Waals surface area contributed by atoms with Crippen LogP contribution in [-0.2, 0) is 9.53 Å². The number of ether oxygens (including phenoxy) is 1. The number of hydrogen-bond donors (Lipinski definition) is 1. The molecule has 0 spiro atoms. The van der Waals surface area contributed by atoms with Crippen LogP contribution in [0.3, 0.4) is 0 Å². The third kappa shape index (κ3) is 1.82. The van der Waals surface area contributed by atoms with Gasteiger partial charge in [0.2, 0.25) is 0 Å². The molecule has 14 heavy (non-hydrogen) atoms. The molecule has 80 valence electrons. The minimum atomic E-state index is -0.704. The normalized spacial score (nSPS) is 20.8. The van der Waals surface area contributed by atoms with Crippen LogP contribution in [0.5, 0.6) is 0 Å². The summed E-state index contributed by atoms with van der Waals surface area (Å²) in [5.41, 5.74) is -0.704. The second-order valence-corrected chi connectivity index (χ2v) is 3.68. The maximum atomic E-state index is 11.7. The lowest BCUT2D eigenvalue weighted by Gasteiger charge is -2.30. The Morgan fingerprint density at radius 2 is 2.07 bits per heavy atom. The van der Waals surface area contributed by atoms with Gasteiger partial charge in [-0.05, 0) is 26.2 Å². The lowest BCUT2D eigenvalue weighted by Crippen LogP contribution is -2.41. The molecule has 0 fully saturated rings.